The zero-order valence-electron chi connectivity index (χ0n) is 15.0. The van der Waals surface area contributed by atoms with Gasteiger partial charge in [-0.05, 0) is 33.6 Å². The molecule has 0 unspecified atom stereocenters. The molecule has 7 nitrogen and oxygen atoms in total. The standard InChI is InChI=1S/C16H31N5O2/c1-16(2,3)20-13(22)10-17-15(18-11-14(23)21(4)5)19-12-8-6-7-9-12/h12H,6-11H2,1-5H3,(H,20,22)(H2,17,18,19). The molecule has 0 bridgehead atoms. The van der Waals surface area contributed by atoms with E-state index in [9.17, 15) is 9.59 Å². The van der Waals surface area contributed by atoms with Gasteiger partial charge >= 0.3 is 0 Å². The van der Waals surface area contributed by atoms with Gasteiger partial charge in [-0.15, -0.1) is 0 Å². The minimum atomic E-state index is -0.278. The van der Waals surface area contributed by atoms with Crippen molar-refractivity contribution in [3.63, 3.8) is 0 Å². The Morgan fingerprint density at radius 1 is 1.17 bits per heavy atom. The molecule has 0 aliphatic heterocycles. The van der Waals surface area contributed by atoms with E-state index in [2.05, 4.69) is 20.9 Å². The summed E-state index contributed by atoms with van der Waals surface area (Å²) in [4.78, 5) is 29.4. The molecule has 0 saturated heterocycles. The van der Waals surface area contributed by atoms with Crippen molar-refractivity contribution in [3.05, 3.63) is 0 Å². The number of hydrogen-bond acceptors (Lipinski definition) is 3. The molecular formula is C16H31N5O2. The van der Waals surface area contributed by atoms with Gasteiger partial charge in [0, 0.05) is 25.7 Å². The molecule has 23 heavy (non-hydrogen) atoms. The van der Waals surface area contributed by atoms with Crippen molar-refractivity contribution in [1.29, 1.82) is 0 Å². The smallest absolute Gasteiger partial charge is 0.242 e. The van der Waals surface area contributed by atoms with E-state index in [-0.39, 0.29) is 30.4 Å². The lowest BCUT2D eigenvalue weighted by Gasteiger charge is -2.21. The molecule has 0 atom stereocenters. The summed E-state index contributed by atoms with van der Waals surface area (Å²) < 4.78 is 0. The molecule has 0 aromatic rings. The molecule has 0 radical (unpaired) electrons. The third kappa shape index (κ3) is 8.42. The number of hydrogen-bond donors (Lipinski definition) is 3. The zero-order chi connectivity index (χ0) is 17.5. The first kappa shape index (κ1) is 19.3. The Balaban J connectivity index is 2.59. The monoisotopic (exact) mass is 325 g/mol. The average Bonchev–Trinajstić information content (AvgIpc) is 2.92. The van der Waals surface area contributed by atoms with Gasteiger partial charge in [-0.1, -0.05) is 12.8 Å². The molecule has 7 heteroatoms. The summed E-state index contributed by atoms with van der Waals surface area (Å²) in [5.74, 6) is 0.352. The lowest BCUT2D eigenvalue weighted by molar-refractivity contribution is -0.127. The van der Waals surface area contributed by atoms with E-state index in [1.807, 2.05) is 20.8 Å². The molecule has 0 heterocycles. The van der Waals surface area contributed by atoms with Crippen LogP contribution in [0.5, 0.6) is 0 Å². The summed E-state index contributed by atoms with van der Waals surface area (Å²) >= 11 is 0. The lowest BCUT2D eigenvalue weighted by Crippen LogP contribution is -2.47. The first-order valence-electron chi connectivity index (χ1n) is 8.23. The van der Waals surface area contributed by atoms with Crippen LogP contribution in [0.3, 0.4) is 0 Å². The van der Waals surface area contributed by atoms with Gasteiger partial charge in [0.05, 0.1) is 6.54 Å². The first-order chi connectivity index (χ1) is 10.7. The van der Waals surface area contributed by atoms with Crippen LogP contribution in [0.4, 0.5) is 0 Å². The number of carbonyl (C=O) groups is 2. The fraction of sp³-hybridized carbons (Fsp3) is 0.812. The van der Waals surface area contributed by atoms with E-state index in [0.29, 0.717) is 12.0 Å². The van der Waals surface area contributed by atoms with Crippen molar-refractivity contribution in [3.8, 4) is 0 Å². The Kier molecular flexibility index (Phi) is 7.32. The van der Waals surface area contributed by atoms with Crippen LogP contribution in [0.2, 0.25) is 0 Å². The summed E-state index contributed by atoms with van der Waals surface area (Å²) in [6, 6.07) is 0.362. The van der Waals surface area contributed by atoms with Gasteiger partial charge in [0.25, 0.3) is 0 Å². The predicted octanol–water partition coefficient (Wildman–Crippen LogP) is 0.467. The summed E-state index contributed by atoms with van der Waals surface area (Å²) in [7, 11) is 3.42. The van der Waals surface area contributed by atoms with Crippen LogP contribution in [-0.2, 0) is 9.59 Å². The highest BCUT2D eigenvalue weighted by Gasteiger charge is 2.18. The Hall–Kier alpha value is -1.79. The third-order valence-electron chi connectivity index (χ3n) is 3.50. The number of amides is 2. The third-order valence-corrected chi connectivity index (χ3v) is 3.50. The van der Waals surface area contributed by atoms with E-state index in [4.69, 9.17) is 0 Å². The number of rotatable bonds is 5. The molecule has 1 aliphatic carbocycles. The van der Waals surface area contributed by atoms with Crippen LogP contribution >= 0.6 is 0 Å². The summed E-state index contributed by atoms with van der Waals surface area (Å²) in [5, 5.41) is 9.20. The number of nitrogens with zero attached hydrogens (tertiary/aromatic N) is 2. The van der Waals surface area contributed by atoms with Gasteiger partial charge in [0.15, 0.2) is 5.96 Å². The Morgan fingerprint density at radius 2 is 1.78 bits per heavy atom. The van der Waals surface area contributed by atoms with E-state index >= 15 is 0 Å². The molecule has 0 aromatic carbocycles. The largest absolute Gasteiger partial charge is 0.354 e. The van der Waals surface area contributed by atoms with Crippen molar-refractivity contribution < 1.29 is 9.59 Å². The molecule has 1 fully saturated rings. The lowest BCUT2D eigenvalue weighted by atomic mass is 10.1. The number of nitrogens with one attached hydrogen (secondary N) is 3. The van der Waals surface area contributed by atoms with Gasteiger partial charge in [0.1, 0.15) is 6.54 Å². The van der Waals surface area contributed by atoms with E-state index in [0.717, 1.165) is 12.8 Å². The summed E-state index contributed by atoms with van der Waals surface area (Å²) in [6.07, 6.45) is 4.59. The second-order valence-corrected chi connectivity index (χ2v) is 7.23. The Bertz CT molecular complexity index is 434. The SMILES string of the molecule is CN(C)C(=O)CNC(=NCC(=O)NC(C)(C)C)NC1CCCC1. The maximum Gasteiger partial charge on any atom is 0.242 e. The van der Waals surface area contributed by atoms with Gasteiger partial charge in [-0.2, -0.15) is 0 Å². The summed E-state index contributed by atoms with van der Waals surface area (Å²) in [6.45, 7) is 5.99. The average molecular weight is 325 g/mol. The topological polar surface area (TPSA) is 85.8 Å². The quantitative estimate of drug-likeness (QED) is 0.506. The second-order valence-electron chi connectivity index (χ2n) is 7.23. The molecular weight excluding hydrogens is 294 g/mol. The molecule has 132 valence electrons. The van der Waals surface area contributed by atoms with Crippen molar-refractivity contribution in [2.45, 2.75) is 58.0 Å². The van der Waals surface area contributed by atoms with E-state index < -0.39 is 0 Å². The normalized spacial score (nSPS) is 16.1. The maximum atomic E-state index is 11.9. The van der Waals surface area contributed by atoms with Crippen molar-refractivity contribution in [2.24, 2.45) is 4.99 Å². The molecule has 1 saturated carbocycles. The van der Waals surface area contributed by atoms with Gasteiger partial charge in [-0.3, -0.25) is 9.59 Å². The van der Waals surface area contributed by atoms with E-state index in [1.165, 1.54) is 17.7 Å². The minimum absolute atomic E-state index is 0.0370. The number of aliphatic imine (C=N–C) groups is 1. The van der Waals surface area contributed by atoms with Crippen molar-refractivity contribution in [1.82, 2.24) is 20.9 Å². The number of guanidine groups is 1. The Labute approximate surface area is 139 Å². The fourth-order valence-electron chi connectivity index (χ4n) is 2.34. The number of likely N-dealkylation sites (N-methyl/N-ethyl adjacent to an activating group) is 1. The molecule has 1 rings (SSSR count). The maximum absolute atomic E-state index is 11.9. The van der Waals surface area contributed by atoms with Crippen LogP contribution in [0.25, 0.3) is 0 Å². The van der Waals surface area contributed by atoms with Gasteiger partial charge < -0.3 is 20.9 Å². The van der Waals surface area contributed by atoms with Crippen LogP contribution in [0.15, 0.2) is 4.99 Å². The highest BCUT2D eigenvalue weighted by atomic mass is 16.2. The molecule has 2 amide bonds. The highest BCUT2D eigenvalue weighted by Crippen LogP contribution is 2.17. The Morgan fingerprint density at radius 3 is 2.30 bits per heavy atom. The van der Waals surface area contributed by atoms with Crippen LogP contribution < -0.4 is 16.0 Å². The molecule has 1 aliphatic rings. The van der Waals surface area contributed by atoms with Gasteiger partial charge in [0.2, 0.25) is 11.8 Å². The van der Waals surface area contributed by atoms with Crippen LogP contribution in [0, 0.1) is 0 Å². The highest BCUT2D eigenvalue weighted by molar-refractivity contribution is 5.88. The molecule has 0 aromatic heterocycles. The van der Waals surface area contributed by atoms with E-state index in [1.54, 1.807) is 14.1 Å². The minimum Gasteiger partial charge on any atom is -0.354 e. The summed E-state index contributed by atoms with van der Waals surface area (Å²) in [5.41, 5.74) is -0.278. The predicted molar refractivity (Wildman–Crippen MR) is 92.3 cm³/mol. The molecule has 3 N–H and O–H groups in total. The van der Waals surface area contributed by atoms with Gasteiger partial charge in [-0.25, -0.2) is 4.99 Å². The van der Waals surface area contributed by atoms with Crippen molar-refractivity contribution >= 4 is 17.8 Å². The molecule has 0 spiro atoms. The van der Waals surface area contributed by atoms with Crippen LogP contribution in [0.1, 0.15) is 46.5 Å². The number of carbonyl (C=O) groups excluding carboxylic acids is 2. The van der Waals surface area contributed by atoms with Crippen LogP contribution in [-0.4, -0.2) is 61.4 Å². The second kappa shape index (κ2) is 8.74. The first-order valence-corrected chi connectivity index (χ1v) is 8.23. The fourth-order valence-corrected chi connectivity index (χ4v) is 2.34. The van der Waals surface area contributed by atoms with Crippen molar-refractivity contribution in [2.75, 3.05) is 27.2 Å². The zero-order valence-corrected chi connectivity index (χ0v) is 15.0.